The van der Waals surface area contributed by atoms with E-state index < -0.39 is 5.60 Å². The van der Waals surface area contributed by atoms with E-state index in [0.29, 0.717) is 0 Å². The fourth-order valence-electron chi connectivity index (χ4n) is 2.34. The van der Waals surface area contributed by atoms with Gasteiger partial charge in [-0.3, -0.25) is 0 Å². The molecule has 1 N–H and O–H groups in total. The summed E-state index contributed by atoms with van der Waals surface area (Å²) in [5.41, 5.74) is 1.13. The molecule has 78 valence electrons. The number of hydrogen-bond acceptors (Lipinski definition) is 3. The van der Waals surface area contributed by atoms with E-state index in [9.17, 15) is 5.11 Å². The van der Waals surface area contributed by atoms with E-state index in [1.807, 2.05) is 22.9 Å². The van der Waals surface area contributed by atoms with Gasteiger partial charge in [0.25, 0.3) is 0 Å². The highest BCUT2D eigenvalue weighted by Crippen LogP contribution is 2.41. The minimum atomic E-state index is -0.819. The Bertz CT molecular complexity index is 458. The summed E-state index contributed by atoms with van der Waals surface area (Å²) < 4.78 is 5.39. The van der Waals surface area contributed by atoms with Crippen molar-refractivity contribution in [2.45, 2.75) is 24.9 Å². The molecule has 0 fully saturated rings. The molecule has 1 unspecified atom stereocenters. The minimum Gasteiger partial charge on any atom is -0.469 e. The number of fused-ring (bicyclic) bond motifs is 1. The van der Waals surface area contributed by atoms with Gasteiger partial charge >= 0.3 is 0 Å². The van der Waals surface area contributed by atoms with Gasteiger partial charge in [-0.15, -0.1) is 0 Å². The van der Waals surface area contributed by atoms with Gasteiger partial charge in [-0.1, -0.05) is 0 Å². The molecule has 0 saturated carbocycles. The van der Waals surface area contributed by atoms with E-state index in [-0.39, 0.29) is 0 Å². The molecule has 0 saturated heterocycles. The van der Waals surface area contributed by atoms with Crippen molar-refractivity contribution in [3.05, 3.63) is 46.0 Å². The summed E-state index contributed by atoms with van der Waals surface area (Å²) in [6.07, 6.45) is 4.38. The van der Waals surface area contributed by atoms with Crippen LogP contribution in [0, 0.1) is 0 Å². The van der Waals surface area contributed by atoms with Crippen LogP contribution in [0.2, 0.25) is 0 Å². The van der Waals surface area contributed by atoms with E-state index >= 15 is 0 Å². The molecular weight excluding hydrogens is 208 g/mol. The van der Waals surface area contributed by atoms with Crippen LogP contribution in [0.5, 0.6) is 0 Å². The maximum atomic E-state index is 10.7. The SMILES string of the molecule is OC1(c2ccsc2)CCCc2occc21. The van der Waals surface area contributed by atoms with Gasteiger partial charge < -0.3 is 9.52 Å². The van der Waals surface area contributed by atoms with E-state index in [1.165, 1.54) is 0 Å². The molecular formula is C12H12O2S. The molecule has 1 atom stereocenters. The predicted octanol–water partition coefficient (Wildman–Crippen LogP) is 2.91. The number of thiophene rings is 1. The van der Waals surface area contributed by atoms with Gasteiger partial charge in [-0.25, -0.2) is 0 Å². The second-order valence-corrected chi connectivity index (χ2v) is 4.76. The number of aryl methyl sites for hydroxylation is 1. The van der Waals surface area contributed by atoms with E-state index in [4.69, 9.17) is 4.42 Å². The van der Waals surface area contributed by atoms with Crippen LogP contribution < -0.4 is 0 Å². The van der Waals surface area contributed by atoms with E-state index in [1.54, 1.807) is 17.6 Å². The van der Waals surface area contributed by atoms with Crippen LogP contribution in [-0.2, 0) is 12.0 Å². The quantitative estimate of drug-likeness (QED) is 0.801. The van der Waals surface area contributed by atoms with Crippen LogP contribution in [-0.4, -0.2) is 5.11 Å². The Labute approximate surface area is 92.2 Å². The first kappa shape index (κ1) is 9.19. The summed E-state index contributed by atoms with van der Waals surface area (Å²) in [5, 5.41) is 14.7. The lowest BCUT2D eigenvalue weighted by atomic mass is 9.79. The third-order valence-corrected chi connectivity index (χ3v) is 3.82. The molecule has 1 aliphatic carbocycles. The Morgan fingerprint density at radius 2 is 2.33 bits per heavy atom. The van der Waals surface area contributed by atoms with E-state index in [0.717, 1.165) is 36.1 Å². The molecule has 2 aromatic rings. The zero-order chi connectivity index (χ0) is 10.3. The van der Waals surface area contributed by atoms with Crippen molar-refractivity contribution in [3.8, 4) is 0 Å². The molecule has 2 heterocycles. The molecule has 3 heteroatoms. The largest absolute Gasteiger partial charge is 0.469 e. The fourth-order valence-corrected chi connectivity index (χ4v) is 3.07. The molecule has 0 spiro atoms. The molecule has 2 aromatic heterocycles. The molecule has 0 aliphatic heterocycles. The number of aliphatic hydroxyl groups is 1. The zero-order valence-corrected chi connectivity index (χ0v) is 9.09. The Morgan fingerprint density at radius 3 is 3.13 bits per heavy atom. The van der Waals surface area contributed by atoms with E-state index in [2.05, 4.69) is 0 Å². The lowest BCUT2D eigenvalue weighted by Gasteiger charge is -2.31. The summed E-state index contributed by atoms with van der Waals surface area (Å²) in [6.45, 7) is 0. The summed E-state index contributed by atoms with van der Waals surface area (Å²) in [7, 11) is 0. The van der Waals surface area contributed by atoms with Crippen LogP contribution in [0.3, 0.4) is 0 Å². The molecule has 0 amide bonds. The first-order valence-corrected chi connectivity index (χ1v) is 6.07. The van der Waals surface area contributed by atoms with Crippen molar-refractivity contribution < 1.29 is 9.52 Å². The van der Waals surface area contributed by atoms with Crippen LogP contribution in [0.1, 0.15) is 29.7 Å². The molecule has 0 aromatic carbocycles. The van der Waals surface area contributed by atoms with Gasteiger partial charge in [-0.2, -0.15) is 11.3 Å². The summed E-state index contributed by atoms with van der Waals surface area (Å²) >= 11 is 1.62. The van der Waals surface area contributed by atoms with Gasteiger partial charge in [0.2, 0.25) is 0 Å². The lowest BCUT2D eigenvalue weighted by molar-refractivity contribution is 0.0594. The van der Waals surface area contributed by atoms with Crippen LogP contribution >= 0.6 is 11.3 Å². The van der Waals surface area contributed by atoms with Gasteiger partial charge in [0.05, 0.1) is 6.26 Å². The molecule has 3 rings (SSSR count). The second-order valence-electron chi connectivity index (χ2n) is 3.98. The molecule has 15 heavy (non-hydrogen) atoms. The zero-order valence-electron chi connectivity index (χ0n) is 8.27. The van der Waals surface area contributed by atoms with Gasteiger partial charge in [-0.05, 0) is 41.3 Å². The first-order valence-electron chi connectivity index (χ1n) is 5.12. The van der Waals surface area contributed by atoms with Crippen LogP contribution in [0.4, 0.5) is 0 Å². The van der Waals surface area contributed by atoms with Crippen molar-refractivity contribution in [1.29, 1.82) is 0 Å². The van der Waals surface area contributed by atoms with Crippen molar-refractivity contribution in [2.24, 2.45) is 0 Å². The minimum absolute atomic E-state index is 0.788. The van der Waals surface area contributed by atoms with Crippen molar-refractivity contribution in [2.75, 3.05) is 0 Å². The van der Waals surface area contributed by atoms with Gasteiger partial charge in [0.1, 0.15) is 11.4 Å². The second kappa shape index (κ2) is 3.22. The smallest absolute Gasteiger partial charge is 0.119 e. The maximum absolute atomic E-state index is 10.7. The molecule has 1 aliphatic rings. The fraction of sp³-hybridized carbons (Fsp3) is 0.333. The standard InChI is InChI=1S/C12H12O2S/c13-12(9-4-7-15-8-9)5-1-2-11-10(12)3-6-14-11/h3-4,6-8,13H,1-2,5H2. The molecule has 0 radical (unpaired) electrons. The highest BCUT2D eigenvalue weighted by molar-refractivity contribution is 7.08. The Hall–Kier alpha value is -1.06. The topological polar surface area (TPSA) is 33.4 Å². The number of furan rings is 1. The highest BCUT2D eigenvalue weighted by Gasteiger charge is 2.37. The van der Waals surface area contributed by atoms with Crippen molar-refractivity contribution in [3.63, 3.8) is 0 Å². The average Bonchev–Trinajstić information content (AvgIpc) is 2.89. The van der Waals surface area contributed by atoms with Crippen LogP contribution in [0.15, 0.2) is 33.6 Å². The predicted molar refractivity (Wildman–Crippen MR) is 59.0 cm³/mol. The summed E-state index contributed by atoms with van der Waals surface area (Å²) in [5.74, 6) is 0.940. The maximum Gasteiger partial charge on any atom is 0.119 e. The Kier molecular flexibility index (Phi) is 1.97. The molecule has 2 nitrogen and oxygen atoms in total. The van der Waals surface area contributed by atoms with Crippen molar-refractivity contribution in [1.82, 2.24) is 0 Å². The summed E-state index contributed by atoms with van der Waals surface area (Å²) in [6, 6.07) is 3.89. The van der Waals surface area contributed by atoms with Gasteiger partial charge in [0, 0.05) is 12.0 Å². The summed E-state index contributed by atoms with van der Waals surface area (Å²) in [4.78, 5) is 0. The Morgan fingerprint density at radius 1 is 1.40 bits per heavy atom. The lowest BCUT2D eigenvalue weighted by Crippen LogP contribution is -2.30. The average molecular weight is 220 g/mol. The highest BCUT2D eigenvalue weighted by atomic mass is 32.1. The monoisotopic (exact) mass is 220 g/mol. The van der Waals surface area contributed by atoms with Gasteiger partial charge in [0.15, 0.2) is 0 Å². The van der Waals surface area contributed by atoms with Crippen LogP contribution in [0.25, 0.3) is 0 Å². The van der Waals surface area contributed by atoms with Crippen molar-refractivity contribution >= 4 is 11.3 Å². The number of rotatable bonds is 1. The first-order chi connectivity index (χ1) is 7.31. The number of hydrogen-bond donors (Lipinski definition) is 1. The Balaban J connectivity index is 2.15. The third kappa shape index (κ3) is 1.27. The normalized spacial score (nSPS) is 25.1. The third-order valence-electron chi connectivity index (χ3n) is 3.13. The molecule has 0 bridgehead atoms.